The monoisotopic (exact) mass is 354 g/mol. The second-order valence-electron chi connectivity index (χ2n) is 5.01. The average Bonchev–Trinajstić information content (AvgIpc) is 2.87. The van der Waals surface area contributed by atoms with Gasteiger partial charge in [-0.15, -0.1) is 11.3 Å². The Morgan fingerprint density at radius 1 is 1.25 bits per heavy atom. The summed E-state index contributed by atoms with van der Waals surface area (Å²) in [6.45, 7) is 2.03. The number of aromatic nitrogens is 1. The number of nitrogens with zero attached hydrogens (tertiary/aromatic N) is 2. The molecule has 1 aromatic heterocycles. The van der Waals surface area contributed by atoms with Gasteiger partial charge in [0.15, 0.2) is 5.96 Å². The first-order chi connectivity index (χ1) is 11.5. The van der Waals surface area contributed by atoms with Crippen LogP contribution in [0.4, 0.5) is 8.78 Å². The molecule has 0 bridgehead atoms. The summed E-state index contributed by atoms with van der Waals surface area (Å²) in [6.07, 6.45) is 0. The molecule has 8 heteroatoms. The van der Waals surface area contributed by atoms with Crippen molar-refractivity contribution >= 4 is 17.3 Å². The second kappa shape index (κ2) is 8.58. The minimum Gasteiger partial charge on any atom is -0.434 e. The molecule has 5 nitrogen and oxygen atoms in total. The smallest absolute Gasteiger partial charge is 0.387 e. The Morgan fingerprint density at radius 3 is 2.58 bits per heavy atom. The number of nitrogens with one attached hydrogen (secondary N) is 2. The summed E-state index contributed by atoms with van der Waals surface area (Å²) in [6, 6.07) is 6.67. The first-order valence-electron chi connectivity index (χ1n) is 7.39. The van der Waals surface area contributed by atoms with Crippen molar-refractivity contribution in [1.82, 2.24) is 15.6 Å². The molecule has 0 atom stereocenters. The van der Waals surface area contributed by atoms with Crippen LogP contribution in [0.2, 0.25) is 0 Å². The standard InChI is InChI=1S/C16H20F2N4OS/c1-10-11(2)24-14(22-10)9-21-16(19-3)20-8-12-6-4-5-7-13(12)23-15(17)18/h4-7,15H,8-9H2,1-3H3,(H2,19,20,21). The number of aryl methyl sites for hydroxylation is 2. The van der Waals surface area contributed by atoms with Gasteiger partial charge in [-0.05, 0) is 19.9 Å². The van der Waals surface area contributed by atoms with E-state index >= 15 is 0 Å². The van der Waals surface area contributed by atoms with Gasteiger partial charge in [0.1, 0.15) is 10.8 Å². The Kier molecular flexibility index (Phi) is 6.48. The van der Waals surface area contributed by atoms with E-state index in [9.17, 15) is 8.78 Å². The van der Waals surface area contributed by atoms with Gasteiger partial charge in [0, 0.05) is 24.0 Å². The molecule has 0 aliphatic carbocycles. The Bertz CT molecular complexity index is 684. The minimum absolute atomic E-state index is 0.154. The predicted molar refractivity (Wildman–Crippen MR) is 91.7 cm³/mol. The Hall–Kier alpha value is -2.22. The zero-order valence-corrected chi connectivity index (χ0v) is 14.6. The molecule has 0 radical (unpaired) electrons. The largest absolute Gasteiger partial charge is 0.434 e. The van der Waals surface area contributed by atoms with Gasteiger partial charge < -0.3 is 15.4 Å². The van der Waals surface area contributed by atoms with Crippen LogP contribution in [0, 0.1) is 13.8 Å². The van der Waals surface area contributed by atoms with Crippen molar-refractivity contribution < 1.29 is 13.5 Å². The van der Waals surface area contributed by atoms with Crippen molar-refractivity contribution in [3.8, 4) is 5.75 Å². The molecule has 2 rings (SSSR count). The van der Waals surface area contributed by atoms with E-state index in [0.717, 1.165) is 10.7 Å². The molecule has 1 aromatic carbocycles. The highest BCUT2D eigenvalue weighted by atomic mass is 32.1. The van der Waals surface area contributed by atoms with Crippen molar-refractivity contribution in [3.63, 3.8) is 0 Å². The number of halogens is 2. The number of alkyl halides is 2. The SMILES string of the molecule is CN=C(NCc1nc(C)c(C)s1)NCc1ccccc1OC(F)F. The lowest BCUT2D eigenvalue weighted by Gasteiger charge is -2.14. The molecular formula is C16H20F2N4OS. The molecule has 0 fully saturated rings. The first-order valence-corrected chi connectivity index (χ1v) is 8.21. The summed E-state index contributed by atoms with van der Waals surface area (Å²) in [5, 5.41) is 7.20. The third-order valence-electron chi connectivity index (χ3n) is 3.34. The molecule has 0 aliphatic heterocycles. The van der Waals surface area contributed by atoms with Gasteiger partial charge >= 0.3 is 6.61 Å². The normalized spacial score (nSPS) is 11.7. The third-order valence-corrected chi connectivity index (χ3v) is 4.41. The van der Waals surface area contributed by atoms with Crippen molar-refractivity contribution in [2.75, 3.05) is 7.05 Å². The van der Waals surface area contributed by atoms with Crippen LogP contribution in [0.15, 0.2) is 29.3 Å². The van der Waals surface area contributed by atoms with Gasteiger partial charge in [0.25, 0.3) is 0 Å². The van der Waals surface area contributed by atoms with Crippen LogP contribution in [0.25, 0.3) is 0 Å². The van der Waals surface area contributed by atoms with Crippen LogP contribution in [-0.4, -0.2) is 24.6 Å². The Morgan fingerprint density at radius 2 is 1.96 bits per heavy atom. The number of hydrogen-bond acceptors (Lipinski definition) is 4. The number of para-hydroxylation sites is 1. The lowest BCUT2D eigenvalue weighted by Crippen LogP contribution is -2.36. The summed E-state index contributed by atoms with van der Waals surface area (Å²) in [5.41, 5.74) is 1.65. The van der Waals surface area contributed by atoms with Crippen LogP contribution >= 0.6 is 11.3 Å². The van der Waals surface area contributed by atoms with Crippen molar-refractivity contribution in [3.05, 3.63) is 45.4 Å². The van der Waals surface area contributed by atoms with Crippen LogP contribution in [0.5, 0.6) is 5.75 Å². The van der Waals surface area contributed by atoms with Crippen molar-refractivity contribution in [1.29, 1.82) is 0 Å². The summed E-state index contributed by atoms with van der Waals surface area (Å²) in [5.74, 6) is 0.717. The van der Waals surface area contributed by atoms with Crippen LogP contribution in [0.1, 0.15) is 21.1 Å². The van der Waals surface area contributed by atoms with Gasteiger partial charge in [0.05, 0.1) is 12.2 Å². The number of aliphatic imine (C=N–C) groups is 1. The molecule has 0 unspecified atom stereocenters. The van der Waals surface area contributed by atoms with E-state index in [1.807, 2.05) is 13.8 Å². The Balaban J connectivity index is 1.92. The number of hydrogen-bond donors (Lipinski definition) is 2. The molecule has 2 N–H and O–H groups in total. The summed E-state index contributed by atoms with van der Waals surface area (Å²) < 4.78 is 29.4. The molecule has 2 aromatic rings. The highest BCUT2D eigenvalue weighted by Crippen LogP contribution is 2.20. The zero-order chi connectivity index (χ0) is 17.5. The molecule has 0 amide bonds. The lowest BCUT2D eigenvalue weighted by molar-refractivity contribution is -0.0504. The number of ether oxygens (including phenoxy) is 1. The van der Waals surface area contributed by atoms with Gasteiger partial charge in [-0.1, -0.05) is 18.2 Å². The van der Waals surface area contributed by atoms with Crippen LogP contribution < -0.4 is 15.4 Å². The highest BCUT2D eigenvalue weighted by Gasteiger charge is 2.10. The predicted octanol–water partition coefficient (Wildman–Crippen LogP) is 3.23. The fourth-order valence-electron chi connectivity index (χ4n) is 2.03. The van der Waals surface area contributed by atoms with Crippen molar-refractivity contribution in [2.24, 2.45) is 4.99 Å². The maximum atomic E-state index is 12.4. The minimum atomic E-state index is -2.85. The third kappa shape index (κ3) is 5.16. The molecule has 0 aliphatic rings. The molecular weight excluding hydrogens is 334 g/mol. The van der Waals surface area contributed by atoms with E-state index in [-0.39, 0.29) is 5.75 Å². The van der Waals surface area contributed by atoms with Crippen LogP contribution in [-0.2, 0) is 13.1 Å². The van der Waals surface area contributed by atoms with Gasteiger partial charge in [0.2, 0.25) is 0 Å². The highest BCUT2D eigenvalue weighted by molar-refractivity contribution is 7.11. The number of guanidine groups is 1. The zero-order valence-electron chi connectivity index (χ0n) is 13.8. The number of rotatable bonds is 6. The molecule has 1 heterocycles. The summed E-state index contributed by atoms with van der Waals surface area (Å²) >= 11 is 1.63. The maximum Gasteiger partial charge on any atom is 0.387 e. The van der Waals surface area contributed by atoms with E-state index in [1.165, 1.54) is 10.9 Å². The molecule has 0 spiro atoms. The van der Waals surface area contributed by atoms with Gasteiger partial charge in [-0.2, -0.15) is 8.78 Å². The van der Waals surface area contributed by atoms with Crippen molar-refractivity contribution in [2.45, 2.75) is 33.5 Å². The average molecular weight is 354 g/mol. The molecule has 130 valence electrons. The van der Waals surface area contributed by atoms with E-state index in [4.69, 9.17) is 0 Å². The lowest BCUT2D eigenvalue weighted by atomic mass is 10.2. The van der Waals surface area contributed by atoms with E-state index < -0.39 is 6.61 Å². The molecule has 0 saturated heterocycles. The van der Waals surface area contributed by atoms with Crippen LogP contribution in [0.3, 0.4) is 0 Å². The second-order valence-corrected chi connectivity index (χ2v) is 6.30. The summed E-state index contributed by atoms with van der Waals surface area (Å²) in [7, 11) is 1.65. The summed E-state index contributed by atoms with van der Waals surface area (Å²) in [4.78, 5) is 9.76. The van der Waals surface area contributed by atoms with Gasteiger partial charge in [-0.25, -0.2) is 4.98 Å². The quantitative estimate of drug-likeness (QED) is 0.618. The Labute approximate surface area is 143 Å². The first kappa shape index (κ1) is 18.1. The van der Waals surface area contributed by atoms with Gasteiger partial charge in [-0.3, -0.25) is 4.99 Å². The maximum absolute atomic E-state index is 12.4. The fraction of sp³-hybridized carbons (Fsp3) is 0.375. The van der Waals surface area contributed by atoms with E-state index in [2.05, 4.69) is 25.3 Å². The number of benzene rings is 1. The van der Waals surface area contributed by atoms with E-state index in [1.54, 1.807) is 36.6 Å². The molecule has 24 heavy (non-hydrogen) atoms. The number of thiazole rings is 1. The molecule has 0 saturated carbocycles. The van der Waals surface area contributed by atoms with E-state index in [0.29, 0.717) is 24.6 Å². The fourth-order valence-corrected chi connectivity index (χ4v) is 2.91. The topological polar surface area (TPSA) is 58.5 Å².